The van der Waals surface area contributed by atoms with Gasteiger partial charge in [0.2, 0.25) is 0 Å². The quantitative estimate of drug-likeness (QED) is 0.515. The minimum absolute atomic E-state index is 0.0684. The van der Waals surface area contributed by atoms with Crippen LogP contribution in [0.2, 0.25) is 0 Å². The van der Waals surface area contributed by atoms with Gasteiger partial charge in [0.25, 0.3) is 5.91 Å². The minimum atomic E-state index is -0.222. The smallest absolute Gasteiger partial charge is 0.271 e. The number of hydrogen-bond donors (Lipinski definition) is 2. The summed E-state index contributed by atoms with van der Waals surface area (Å²) < 4.78 is 0. The normalized spacial score (nSPS) is 12.1. The lowest BCUT2D eigenvalue weighted by Crippen LogP contribution is -2.20. The molecule has 0 spiro atoms. The lowest BCUT2D eigenvalue weighted by molar-refractivity contribution is 0.0955. The van der Waals surface area contributed by atoms with Crippen LogP contribution in [0.15, 0.2) is 53.6 Å². The molecular weight excluding hydrogens is 286 g/mol. The Balaban J connectivity index is 2.07. The fraction of sp³-hybridized carbons (Fsp3) is 0.263. The highest BCUT2D eigenvalue weighted by Crippen LogP contribution is 2.22. The van der Waals surface area contributed by atoms with Gasteiger partial charge in [-0.25, -0.2) is 5.43 Å². The summed E-state index contributed by atoms with van der Waals surface area (Å²) in [5.74, 6) is -0.222. The number of carbonyl (C=O) groups is 1. The van der Waals surface area contributed by atoms with Gasteiger partial charge in [-0.1, -0.05) is 45.0 Å². The largest absolute Gasteiger partial charge is 0.399 e. The van der Waals surface area contributed by atoms with Gasteiger partial charge in [-0.3, -0.25) is 4.79 Å². The molecule has 0 radical (unpaired) electrons. The Morgan fingerprint density at radius 2 is 1.48 bits per heavy atom. The summed E-state index contributed by atoms with van der Waals surface area (Å²) in [5.41, 5.74) is 12.4. The number of benzene rings is 2. The molecule has 3 N–H and O–H groups in total. The highest BCUT2D eigenvalue weighted by atomic mass is 16.2. The summed E-state index contributed by atoms with van der Waals surface area (Å²) in [6, 6.07) is 15.0. The lowest BCUT2D eigenvalue weighted by atomic mass is 9.87. The van der Waals surface area contributed by atoms with Gasteiger partial charge in [-0.05, 0) is 47.7 Å². The molecule has 0 aromatic heterocycles. The topological polar surface area (TPSA) is 67.5 Å². The number of hydrazone groups is 1. The summed E-state index contributed by atoms with van der Waals surface area (Å²) in [7, 11) is 0. The number of nitrogens with one attached hydrogen (secondary N) is 1. The molecule has 120 valence electrons. The SMILES string of the molecule is C/C(=N/NC(=O)c1ccc(C(C)(C)C)cc1)c1ccc(N)cc1. The second kappa shape index (κ2) is 6.65. The number of rotatable bonds is 3. The van der Waals surface area contributed by atoms with Gasteiger partial charge >= 0.3 is 0 Å². The van der Waals surface area contributed by atoms with Crippen molar-refractivity contribution in [1.29, 1.82) is 0 Å². The zero-order valence-corrected chi connectivity index (χ0v) is 14.1. The minimum Gasteiger partial charge on any atom is -0.399 e. The van der Waals surface area contributed by atoms with Crippen molar-refractivity contribution in [2.75, 3.05) is 5.73 Å². The van der Waals surface area contributed by atoms with Crippen LogP contribution in [0.4, 0.5) is 5.69 Å². The molecule has 0 fully saturated rings. The first-order chi connectivity index (χ1) is 10.8. The van der Waals surface area contributed by atoms with Crippen molar-refractivity contribution in [1.82, 2.24) is 5.43 Å². The first kappa shape index (κ1) is 16.7. The van der Waals surface area contributed by atoms with Crippen molar-refractivity contribution in [3.63, 3.8) is 0 Å². The molecule has 0 aliphatic carbocycles. The van der Waals surface area contributed by atoms with E-state index < -0.39 is 0 Å². The average molecular weight is 309 g/mol. The molecule has 4 nitrogen and oxygen atoms in total. The van der Waals surface area contributed by atoms with E-state index in [1.54, 1.807) is 12.1 Å². The first-order valence-corrected chi connectivity index (χ1v) is 7.58. The number of nitrogen functional groups attached to an aromatic ring is 1. The van der Waals surface area contributed by atoms with E-state index in [2.05, 4.69) is 31.3 Å². The number of amides is 1. The van der Waals surface area contributed by atoms with Crippen LogP contribution in [-0.4, -0.2) is 11.6 Å². The third-order valence-electron chi connectivity index (χ3n) is 3.67. The first-order valence-electron chi connectivity index (χ1n) is 7.58. The van der Waals surface area contributed by atoms with Crippen LogP contribution in [0.25, 0.3) is 0 Å². The van der Waals surface area contributed by atoms with Crippen LogP contribution in [-0.2, 0) is 5.41 Å². The monoisotopic (exact) mass is 309 g/mol. The van der Waals surface area contributed by atoms with Crippen molar-refractivity contribution < 1.29 is 4.79 Å². The van der Waals surface area contributed by atoms with Crippen molar-refractivity contribution in [3.05, 3.63) is 65.2 Å². The van der Waals surface area contributed by atoms with E-state index in [1.165, 1.54) is 5.56 Å². The number of nitrogens with zero attached hydrogens (tertiary/aromatic N) is 1. The van der Waals surface area contributed by atoms with Crippen molar-refractivity contribution >= 4 is 17.3 Å². The molecule has 2 aromatic carbocycles. The van der Waals surface area contributed by atoms with Crippen LogP contribution in [0.5, 0.6) is 0 Å². The van der Waals surface area contributed by atoms with E-state index in [0.29, 0.717) is 11.3 Å². The Morgan fingerprint density at radius 3 is 2.00 bits per heavy atom. The highest BCUT2D eigenvalue weighted by Gasteiger charge is 2.14. The van der Waals surface area contributed by atoms with Crippen molar-refractivity contribution in [2.45, 2.75) is 33.1 Å². The lowest BCUT2D eigenvalue weighted by Gasteiger charge is -2.18. The van der Waals surface area contributed by atoms with Crippen LogP contribution in [0, 0.1) is 0 Å². The fourth-order valence-corrected chi connectivity index (χ4v) is 2.11. The van der Waals surface area contributed by atoms with Gasteiger partial charge in [-0.15, -0.1) is 0 Å². The number of nitrogens with two attached hydrogens (primary N) is 1. The molecule has 0 aliphatic rings. The van der Waals surface area contributed by atoms with E-state index in [1.807, 2.05) is 43.3 Å². The number of hydrogen-bond acceptors (Lipinski definition) is 3. The van der Waals surface area contributed by atoms with Gasteiger partial charge in [0.1, 0.15) is 0 Å². The summed E-state index contributed by atoms with van der Waals surface area (Å²) in [6.07, 6.45) is 0. The van der Waals surface area contributed by atoms with Gasteiger partial charge in [-0.2, -0.15) is 5.10 Å². The maximum absolute atomic E-state index is 12.2. The zero-order chi connectivity index (χ0) is 17.0. The highest BCUT2D eigenvalue weighted by molar-refractivity contribution is 6.01. The number of anilines is 1. The standard InChI is InChI=1S/C19H23N3O/c1-13(14-7-11-17(20)12-8-14)21-22-18(23)15-5-9-16(10-6-15)19(2,3)4/h5-12H,20H2,1-4H3,(H,22,23)/b21-13-. The molecule has 0 atom stereocenters. The summed E-state index contributed by atoms with van der Waals surface area (Å²) in [5, 5.41) is 4.15. The van der Waals surface area contributed by atoms with Crippen molar-refractivity contribution in [3.8, 4) is 0 Å². The molecule has 2 aromatic rings. The van der Waals surface area contributed by atoms with Crippen molar-refractivity contribution in [2.24, 2.45) is 5.10 Å². The van der Waals surface area contributed by atoms with Crippen LogP contribution >= 0.6 is 0 Å². The van der Waals surface area contributed by atoms with Crippen LogP contribution in [0.3, 0.4) is 0 Å². The summed E-state index contributed by atoms with van der Waals surface area (Å²) in [4.78, 5) is 12.2. The average Bonchev–Trinajstić information content (AvgIpc) is 2.52. The molecule has 0 saturated heterocycles. The van der Waals surface area contributed by atoms with E-state index in [-0.39, 0.29) is 11.3 Å². The predicted octanol–water partition coefficient (Wildman–Crippen LogP) is 3.72. The molecule has 23 heavy (non-hydrogen) atoms. The molecule has 0 saturated carbocycles. The third-order valence-corrected chi connectivity index (χ3v) is 3.67. The Bertz CT molecular complexity index is 708. The van der Waals surface area contributed by atoms with E-state index in [4.69, 9.17) is 5.73 Å². The Labute approximate surface area is 137 Å². The third kappa shape index (κ3) is 4.42. The Morgan fingerprint density at radius 1 is 0.957 bits per heavy atom. The van der Waals surface area contributed by atoms with E-state index in [0.717, 1.165) is 11.3 Å². The van der Waals surface area contributed by atoms with Crippen LogP contribution < -0.4 is 11.2 Å². The molecule has 2 rings (SSSR count). The fourth-order valence-electron chi connectivity index (χ4n) is 2.11. The molecule has 0 bridgehead atoms. The van der Waals surface area contributed by atoms with Crippen LogP contribution in [0.1, 0.15) is 49.2 Å². The molecule has 1 amide bonds. The maximum Gasteiger partial charge on any atom is 0.271 e. The van der Waals surface area contributed by atoms with Gasteiger partial charge in [0.15, 0.2) is 0 Å². The maximum atomic E-state index is 12.2. The Kier molecular flexibility index (Phi) is 4.84. The second-order valence-corrected chi connectivity index (χ2v) is 6.59. The van der Waals surface area contributed by atoms with Gasteiger partial charge in [0, 0.05) is 11.3 Å². The second-order valence-electron chi connectivity index (χ2n) is 6.59. The zero-order valence-electron chi connectivity index (χ0n) is 14.1. The molecule has 0 aliphatic heterocycles. The predicted molar refractivity (Wildman–Crippen MR) is 95.7 cm³/mol. The number of carbonyl (C=O) groups excluding carboxylic acids is 1. The summed E-state index contributed by atoms with van der Waals surface area (Å²) >= 11 is 0. The van der Waals surface area contributed by atoms with Gasteiger partial charge < -0.3 is 5.73 Å². The molecular formula is C19H23N3O. The Hall–Kier alpha value is -2.62. The van der Waals surface area contributed by atoms with E-state index in [9.17, 15) is 4.79 Å². The van der Waals surface area contributed by atoms with E-state index >= 15 is 0 Å². The molecule has 0 unspecified atom stereocenters. The summed E-state index contributed by atoms with van der Waals surface area (Å²) in [6.45, 7) is 8.27. The van der Waals surface area contributed by atoms with Gasteiger partial charge in [0.05, 0.1) is 5.71 Å². The molecule has 0 heterocycles. The molecule has 4 heteroatoms.